The maximum atomic E-state index is 11.7. The summed E-state index contributed by atoms with van der Waals surface area (Å²) in [6.45, 7) is 0.632. The quantitative estimate of drug-likeness (QED) is 0.864. The Morgan fingerprint density at radius 2 is 1.79 bits per heavy atom. The van der Waals surface area contributed by atoms with E-state index in [1.165, 1.54) is 38.5 Å². The van der Waals surface area contributed by atoms with Gasteiger partial charge in [0.25, 0.3) is 5.91 Å². The fourth-order valence-electron chi connectivity index (χ4n) is 5.99. The zero-order valence-electron chi connectivity index (χ0n) is 14.4. The molecular weight excluding hydrogens is 302 g/mol. The molecule has 0 saturated heterocycles. The molecule has 0 aliphatic heterocycles. The minimum absolute atomic E-state index is 0.403. The molecule has 0 unspecified atom stereocenters. The normalized spacial score (nSPS) is 33.5. The van der Waals surface area contributed by atoms with Gasteiger partial charge in [-0.2, -0.15) is 0 Å². The van der Waals surface area contributed by atoms with Crippen LogP contribution >= 0.6 is 0 Å². The van der Waals surface area contributed by atoms with Crippen molar-refractivity contribution in [2.75, 3.05) is 13.7 Å². The van der Waals surface area contributed by atoms with Gasteiger partial charge in [0.1, 0.15) is 0 Å². The Labute approximate surface area is 143 Å². The minimum Gasteiger partial charge on any atom is -0.493 e. The number of para-hydroxylation sites is 1. The summed E-state index contributed by atoms with van der Waals surface area (Å²) in [7, 11) is 1.59. The Morgan fingerprint density at radius 3 is 2.33 bits per heavy atom. The van der Waals surface area contributed by atoms with Crippen LogP contribution in [0.1, 0.15) is 55.3 Å². The van der Waals surface area contributed by atoms with Crippen LogP contribution in [-0.4, -0.2) is 19.6 Å². The highest BCUT2D eigenvalue weighted by atomic mass is 16.5. The topological polar surface area (TPSA) is 61.5 Å². The Hall–Kier alpha value is -1.71. The van der Waals surface area contributed by atoms with Gasteiger partial charge < -0.3 is 15.2 Å². The third-order valence-electron chi connectivity index (χ3n) is 6.51. The van der Waals surface area contributed by atoms with Gasteiger partial charge in [-0.15, -0.1) is 0 Å². The van der Waals surface area contributed by atoms with E-state index in [1.54, 1.807) is 19.2 Å². The van der Waals surface area contributed by atoms with Gasteiger partial charge in [0, 0.05) is 0 Å². The molecule has 1 amide bonds. The number of benzene rings is 1. The van der Waals surface area contributed by atoms with E-state index in [0.29, 0.717) is 29.1 Å². The fraction of sp³-hybridized carbons (Fsp3) is 0.650. The van der Waals surface area contributed by atoms with E-state index in [0.717, 1.165) is 24.2 Å². The van der Waals surface area contributed by atoms with Gasteiger partial charge >= 0.3 is 0 Å². The summed E-state index contributed by atoms with van der Waals surface area (Å²) in [5.41, 5.74) is 6.36. The smallest absolute Gasteiger partial charge is 0.252 e. The molecule has 4 heteroatoms. The zero-order valence-corrected chi connectivity index (χ0v) is 14.4. The number of methoxy groups -OCH3 is 1. The summed E-state index contributed by atoms with van der Waals surface area (Å²) in [5, 5.41) is 0. The van der Waals surface area contributed by atoms with Gasteiger partial charge in [-0.25, -0.2) is 0 Å². The lowest BCUT2D eigenvalue weighted by Gasteiger charge is -2.57. The van der Waals surface area contributed by atoms with Crippen LogP contribution in [0.25, 0.3) is 0 Å². The van der Waals surface area contributed by atoms with Crippen molar-refractivity contribution in [3.8, 4) is 11.5 Å². The van der Waals surface area contributed by atoms with Gasteiger partial charge in [0.05, 0.1) is 19.3 Å². The average Bonchev–Trinajstić information content (AvgIpc) is 2.53. The first kappa shape index (κ1) is 15.8. The number of hydrogen-bond acceptors (Lipinski definition) is 3. The summed E-state index contributed by atoms with van der Waals surface area (Å²) in [6.07, 6.45) is 9.56. The summed E-state index contributed by atoms with van der Waals surface area (Å²) >= 11 is 0. The zero-order chi connectivity index (χ0) is 16.7. The third kappa shape index (κ3) is 2.76. The summed E-state index contributed by atoms with van der Waals surface area (Å²) in [5.74, 6) is 3.45. The van der Waals surface area contributed by atoms with E-state index in [-0.39, 0.29) is 0 Å². The number of carbonyl (C=O) groups is 1. The number of rotatable bonds is 6. The summed E-state index contributed by atoms with van der Waals surface area (Å²) in [6, 6.07) is 5.28. The Balaban J connectivity index is 1.46. The van der Waals surface area contributed by atoms with Gasteiger partial charge in [0.2, 0.25) is 0 Å². The second-order valence-electron chi connectivity index (χ2n) is 8.22. The van der Waals surface area contributed by atoms with Crippen LogP contribution in [0.2, 0.25) is 0 Å². The highest BCUT2D eigenvalue weighted by Gasteiger charge is 2.50. The molecule has 130 valence electrons. The molecule has 4 fully saturated rings. The monoisotopic (exact) mass is 329 g/mol. The molecule has 4 aliphatic carbocycles. The van der Waals surface area contributed by atoms with Crippen LogP contribution in [0.4, 0.5) is 0 Å². The predicted octanol–water partition coefficient (Wildman–Crippen LogP) is 3.78. The standard InChI is InChI=1S/C20H27NO3/c1-23-17-4-2-3-16(19(21)22)18(17)24-6-5-20-10-13-7-14(11-20)9-15(8-13)12-20/h2-4,13-15H,5-12H2,1H3,(H2,21,22). The van der Waals surface area contributed by atoms with Crippen molar-refractivity contribution in [2.45, 2.75) is 44.9 Å². The van der Waals surface area contributed by atoms with Crippen LogP contribution in [0, 0.1) is 23.2 Å². The van der Waals surface area contributed by atoms with Crippen LogP contribution < -0.4 is 15.2 Å². The molecule has 4 saturated carbocycles. The number of hydrogen-bond donors (Lipinski definition) is 1. The molecule has 4 aliphatic rings. The highest BCUT2D eigenvalue weighted by Crippen LogP contribution is 2.61. The van der Waals surface area contributed by atoms with E-state index in [9.17, 15) is 4.79 Å². The van der Waals surface area contributed by atoms with Gasteiger partial charge in [0.15, 0.2) is 11.5 Å². The number of carbonyl (C=O) groups excluding carboxylic acids is 1. The number of nitrogens with two attached hydrogens (primary N) is 1. The molecule has 0 spiro atoms. The molecule has 0 radical (unpaired) electrons. The Kier molecular flexibility index (Phi) is 3.93. The second kappa shape index (κ2) is 5.98. The van der Waals surface area contributed by atoms with E-state index in [1.807, 2.05) is 6.07 Å². The summed E-state index contributed by atoms with van der Waals surface area (Å²) < 4.78 is 11.4. The first-order chi connectivity index (χ1) is 11.6. The minimum atomic E-state index is -0.473. The van der Waals surface area contributed by atoms with Crippen molar-refractivity contribution in [1.82, 2.24) is 0 Å². The Bertz CT molecular complexity index is 604. The van der Waals surface area contributed by atoms with Crippen molar-refractivity contribution in [3.05, 3.63) is 23.8 Å². The molecule has 4 bridgehead atoms. The van der Waals surface area contributed by atoms with Crippen molar-refractivity contribution in [1.29, 1.82) is 0 Å². The second-order valence-corrected chi connectivity index (χ2v) is 8.22. The van der Waals surface area contributed by atoms with Crippen molar-refractivity contribution < 1.29 is 14.3 Å². The van der Waals surface area contributed by atoms with Crippen molar-refractivity contribution in [3.63, 3.8) is 0 Å². The number of amides is 1. The Morgan fingerprint density at radius 1 is 1.17 bits per heavy atom. The van der Waals surface area contributed by atoms with Crippen LogP contribution in [-0.2, 0) is 0 Å². The maximum absolute atomic E-state index is 11.7. The average molecular weight is 329 g/mol. The molecule has 0 heterocycles. The van der Waals surface area contributed by atoms with E-state index in [4.69, 9.17) is 15.2 Å². The lowest BCUT2D eigenvalue weighted by Crippen LogP contribution is -2.46. The lowest BCUT2D eigenvalue weighted by molar-refractivity contribution is -0.0623. The molecule has 4 nitrogen and oxygen atoms in total. The van der Waals surface area contributed by atoms with Gasteiger partial charge in [-0.3, -0.25) is 4.79 Å². The molecule has 24 heavy (non-hydrogen) atoms. The van der Waals surface area contributed by atoms with Crippen molar-refractivity contribution >= 4 is 5.91 Å². The summed E-state index contributed by atoms with van der Waals surface area (Å²) in [4.78, 5) is 11.7. The van der Waals surface area contributed by atoms with E-state index in [2.05, 4.69) is 0 Å². The van der Waals surface area contributed by atoms with Gasteiger partial charge in [-0.1, -0.05) is 6.07 Å². The molecule has 5 rings (SSSR count). The predicted molar refractivity (Wildman–Crippen MR) is 92.2 cm³/mol. The van der Waals surface area contributed by atoms with E-state index < -0.39 is 5.91 Å². The molecule has 1 aromatic carbocycles. The maximum Gasteiger partial charge on any atom is 0.252 e. The van der Waals surface area contributed by atoms with Crippen LogP contribution in [0.3, 0.4) is 0 Å². The molecule has 0 atom stereocenters. The first-order valence-electron chi connectivity index (χ1n) is 9.18. The molecule has 2 N–H and O–H groups in total. The fourth-order valence-corrected chi connectivity index (χ4v) is 5.99. The molecular formula is C20H27NO3. The molecule has 0 aromatic heterocycles. The van der Waals surface area contributed by atoms with E-state index >= 15 is 0 Å². The van der Waals surface area contributed by atoms with Crippen molar-refractivity contribution in [2.24, 2.45) is 28.9 Å². The van der Waals surface area contributed by atoms with Crippen LogP contribution in [0.15, 0.2) is 18.2 Å². The SMILES string of the molecule is COc1cccc(C(N)=O)c1OCCC12CC3CC(CC(C3)C1)C2. The first-order valence-corrected chi connectivity index (χ1v) is 9.18. The highest BCUT2D eigenvalue weighted by molar-refractivity contribution is 5.96. The largest absolute Gasteiger partial charge is 0.493 e. The van der Waals surface area contributed by atoms with Gasteiger partial charge in [-0.05, 0) is 80.2 Å². The number of ether oxygens (including phenoxy) is 2. The molecule has 1 aromatic rings. The lowest BCUT2D eigenvalue weighted by atomic mass is 9.49. The van der Waals surface area contributed by atoms with Crippen LogP contribution in [0.5, 0.6) is 11.5 Å². The number of primary amides is 1. The third-order valence-corrected chi connectivity index (χ3v) is 6.51.